The highest BCUT2D eigenvalue weighted by molar-refractivity contribution is 5.26. The molecular weight excluding hydrogens is 236 g/mol. The van der Waals surface area contributed by atoms with E-state index in [1.165, 1.54) is 31.2 Å². The minimum Gasteiger partial charge on any atom is -0.492 e. The van der Waals surface area contributed by atoms with Gasteiger partial charge in [0.1, 0.15) is 5.75 Å². The summed E-state index contributed by atoms with van der Waals surface area (Å²) in [5.41, 5.74) is 1.27. The van der Waals surface area contributed by atoms with Crippen LogP contribution < -0.4 is 10.1 Å². The predicted octanol–water partition coefficient (Wildman–Crippen LogP) is 3.71. The Morgan fingerprint density at radius 3 is 2.84 bits per heavy atom. The maximum absolute atomic E-state index is 5.68. The fourth-order valence-corrected chi connectivity index (χ4v) is 2.27. The van der Waals surface area contributed by atoms with Gasteiger partial charge >= 0.3 is 0 Å². The molecule has 2 rings (SSSR count). The third-order valence-electron chi connectivity index (χ3n) is 3.52. The molecule has 1 saturated carbocycles. The fourth-order valence-electron chi connectivity index (χ4n) is 2.27. The molecule has 0 spiro atoms. The Labute approximate surface area is 116 Å². The van der Waals surface area contributed by atoms with Gasteiger partial charge in [-0.2, -0.15) is 0 Å². The summed E-state index contributed by atoms with van der Waals surface area (Å²) in [7, 11) is 0. The zero-order valence-electron chi connectivity index (χ0n) is 12.2. The van der Waals surface area contributed by atoms with Crippen molar-refractivity contribution in [2.24, 2.45) is 5.92 Å². The molecule has 0 saturated heterocycles. The molecule has 0 amide bonds. The lowest BCUT2D eigenvalue weighted by molar-refractivity contribution is 0.315. The summed E-state index contributed by atoms with van der Waals surface area (Å²) in [6.45, 7) is 6.16. The molecule has 1 atom stereocenters. The van der Waals surface area contributed by atoms with Gasteiger partial charge in [-0.3, -0.25) is 4.98 Å². The molecule has 19 heavy (non-hydrogen) atoms. The molecule has 1 unspecified atom stereocenters. The topological polar surface area (TPSA) is 34.2 Å². The molecule has 0 aliphatic heterocycles. The first-order valence-corrected chi connectivity index (χ1v) is 7.64. The lowest BCUT2D eigenvalue weighted by Gasteiger charge is -2.19. The molecule has 0 aromatic carbocycles. The molecule has 3 nitrogen and oxygen atoms in total. The zero-order chi connectivity index (χ0) is 13.5. The molecule has 0 bridgehead atoms. The molecule has 1 aromatic heterocycles. The SMILES string of the molecule is CCCNC(CC1CC1)c1cncc(OCCC)c1. The first-order valence-electron chi connectivity index (χ1n) is 7.64. The standard InChI is InChI=1S/C16H26N2O/c1-3-7-18-16(9-13-5-6-13)14-10-15(12-17-11-14)19-8-4-2/h10-13,16,18H,3-9H2,1-2H3. The van der Waals surface area contributed by atoms with E-state index in [-0.39, 0.29) is 0 Å². The van der Waals surface area contributed by atoms with Crippen molar-refractivity contribution in [1.29, 1.82) is 0 Å². The second kappa shape index (κ2) is 7.49. The van der Waals surface area contributed by atoms with Gasteiger partial charge in [-0.25, -0.2) is 0 Å². The van der Waals surface area contributed by atoms with Crippen LogP contribution in [0.1, 0.15) is 57.6 Å². The van der Waals surface area contributed by atoms with E-state index in [0.29, 0.717) is 6.04 Å². The van der Waals surface area contributed by atoms with Gasteiger partial charge in [-0.15, -0.1) is 0 Å². The third-order valence-corrected chi connectivity index (χ3v) is 3.52. The predicted molar refractivity (Wildman–Crippen MR) is 78.4 cm³/mol. The van der Waals surface area contributed by atoms with Gasteiger partial charge < -0.3 is 10.1 Å². The number of rotatable bonds is 9. The van der Waals surface area contributed by atoms with Crippen LogP contribution in [0.15, 0.2) is 18.5 Å². The van der Waals surface area contributed by atoms with Crippen LogP contribution in [0.25, 0.3) is 0 Å². The van der Waals surface area contributed by atoms with Crippen LogP contribution in [0.5, 0.6) is 5.75 Å². The number of nitrogens with one attached hydrogen (secondary N) is 1. The van der Waals surface area contributed by atoms with E-state index in [1.54, 1.807) is 0 Å². The zero-order valence-corrected chi connectivity index (χ0v) is 12.2. The molecule has 1 aliphatic rings. The van der Waals surface area contributed by atoms with E-state index in [1.807, 2.05) is 12.4 Å². The first kappa shape index (κ1) is 14.3. The monoisotopic (exact) mass is 262 g/mol. The Kier molecular flexibility index (Phi) is 5.64. The smallest absolute Gasteiger partial charge is 0.137 e. The van der Waals surface area contributed by atoms with Crippen molar-refractivity contribution in [2.75, 3.05) is 13.2 Å². The second-order valence-electron chi connectivity index (χ2n) is 5.49. The molecular formula is C16H26N2O. The van der Waals surface area contributed by atoms with Crippen LogP contribution in [-0.2, 0) is 0 Å². The Morgan fingerprint density at radius 1 is 1.32 bits per heavy atom. The number of nitrogens with zero attached hydrogens (tertiary/aromatic N) is 1. The van der Waals surface area contributed by atoms with Crippen molar-refractivity contribution in [3.8, 4) is 5.75 Å². The number of aromatic nitrogens is 1. The molecule has 1 fully saturated rings. The molecule has 1 aromatic rings. The highest BCUT2D eigenvalue weighted by Gasteiger charge is 2.26. The number of pyridine rings is 1. The lowest BCUT2D eigenvalue weighted by atomic mass is 10.0. The second-order valence-corrected chi connectivity index (χ2v) is 5.49. The van der Waals surface area contributed by atoms with E-state index < -0.39 is 0 Å². The van der Waals surface area contributed by atoms with Gasteiger partial charge in [0.15, 0.2) is 0 Å². The minimum atomic E-state index is 0.435. The van der Waals surface area contributed by atoms with Crippen molar-refractivity contribution in [2.45, 2.75) is 52.0 Å². The summed E-state index contributed by atoms with van der Waals surface area (Å²) in [5.74, 6) is 1.81. The maximum Gasteiger partial charge on any atom is 0.137 e. The van der Waals surface area contributed by atoms with Gasteiger partial charge in [0, 0.05) is 12.2 Å². The van der Waals surface area contributed by atoms with Crippen LogP contribution in [-0.4, -0.2) is 18.1 Å². The normalized spacial score (nSPS) is 16.3. The van der Waals surface area contributed by atoms with Crippen LogP contribution in [0, 0.1) is 5.92 Å². The van der Waals surface area contributed by atoms with Gasteiger partial charge in [0.2, 0.25) is 0 Å². The van der Waals surface area contributed by atoms with Gasteiger partial charge in [-0.1, -0.05) is 26.7 Å². The maximum atomic E-state index is 5.68. The third kappa shape index (κ3) is 4.83. The molecule has 1 heterocycles. The van der Waals surface area contributed by atoms with E-state index in [2.05, 4.69) is 30.2 Å². The van der Waals surface area contributed by atoms with Crippen molar-refractivity contribution in [1.82, 2.24) is 10.3 Å². The largest absolute Gasteiger partial charge is 0.492 e. The highest BCUT2D eigenvalue weighted by Crippen LogP contribution is 2.37. The van der Waals surface area contributed by atoms with Crippen LogP contribution in [0.4, 0.5) is 0 Å². The summed E-state index contributed by atoms with van der Waals surface area (Å²) < 4.78 is 5.68. The van der Waals surface area contributed by atoms with Crippen molar-refractivity contribution >= 4 is 0 Å². The van der Waals surface area contributed by atoms with Crippen LogP contribution >= 0.6 is 0 Å². The van der Waals surface area contributed by atoms with Gasteiger partial charge in [-0.05, 0) is 43.4 Å². The van der Waals surface area contributed by atoms with E-state index in [9.17, 15) is 0 Å². The summed E-state index contributed by atoms with van der Waals surface area (Å²) in [6, 6.07) is 2.59. The average Bonchev–Trinajstić information content (AvgIpc) is 3.25. The van der Waals surface area contributed by atoms with Gasteiger partial charge in [0.05, 0.1) is 12.8 Å². The van der Waals surface area contributed by atoms with Crippen molar-refractivity contribution in [3.63, 3.8) is 0 Å². The minimum absolute atomic E-state index is 0.435. The molecule has 106 valence electrons. The van der Waals surface area contributed by atoms with E-state index >= 15 is 0 Å². The van der Waals surface area contributed by atoms with Gasteiger partial charge in [0.25, 0.3) is 0 Å². The van der Waals surface area contributed by atoms with E-state index in [0.717, 1.165) is 31.2 Å². The van der Waals surface area contributed by atoms with Crippen LogP contribution in [0.2, 0.25) is 0 Å². The Morgan fingerprint density at radius 2 is 2.16 bits per heavy atom. The number of hydrogen-bond acceptors (Lipinski definition) is 3. The number of hydrogen-bond donors (Lipinski definition) is 1. The fraction of sp³-hybridized carbons (Fsp3) is 0.688. The molecule has 3 heteroatoms. The Hall–Kier alpha value is -1.09. The lowest BCUT2D eigenvalue weighted by Crippen LogP contribution is -2.22. The van der Waals surface area contributed by atoms with Crippen molar-refractivity contribution in [3.05, 3.63) is 24.0 Å². The first-order chi connectivity index (χ1) is 9.33. The summed E-state index contributed by atoms with van der Waals surface area (Å²) in [5, 5.41) is 3.64. The Bertz CT molecular complexity index is 377. The average molecular weight is 262 g/mol. The summed E-state index contributed by atoms with van der Waals surface area (Å²) >= 11 is 0. The van der Waals surface area contributed by atoms with E-state index in [4.69, 9.17) is 4.74 Å². The molecule has 1 N–H and O–H groups in total. The summed E-state index contributed by atoms with van der Waals surface area (Å²) in [6.07, 6.45) is 10.0. The van der Waals surface area contributed by atoms with Crippen molar-refractivity contribution < 1.29 is 4.74 Å². The summed E-state index contributed by atoms with van der Waals surface area (Å²) in [4.78, 5) is 4.33. The highest BCUT2D eigenvalue weighted by atomic mass is 16.5. The quantitative estimate of drug-likeness (QED) is 0.736. The molecule has 0 radical (unpaired) electrons. The Balaban J connectivity index is 2.01. The molecule has 1 aliphatic carbocycles. The number of ether oxygens (including phenoxy) is 1. The van der Waals surface area contributed by atoms with Crippen LogP contribution in [0.3, 0.4) is 0 Å².